The minimum Gasteiger partial charge on any atom is -0.481 e. The number of carbonyl (C=O) groups excluding carboxylic acids is 1. The predicted molar refractivity (Wildman–Crippen MR) is 55.2 cm³/mol. The van der Waals surface area contributed by atoms with Crippen LogP contribution in [-0.4, -0.2) is 29.6 Å². The third kappa shape index (κ3) is 2.92. The van der Waals surface area contributed by atoms with Gasteiger partial charge in [0.1, 0.15) is 0 Å². The molecule has 1 aliphatic rings. The van der Waals surface area contributed by atoms with E-state index in [1.807, 2.05) is 0 Å². The fraction of sp³-hybridized carbons (Fsp3) is 0.800. The quantitative estimate of drug-likeness (QED) is 0.605. The number of carboxylic acid groups (broad SMARTS) is 1. The van der Waals surface area contributed by atoms with Gasteiger partial charge in [-0.15, -0.1) is 0 Å². The van der Waals surface area contributed by atoms with Gasteiger partial charge in [0.15, 0.2) is 0 Å². The van der Waals surface area contributed by atoms with E-state index in [1.54, 1.807) is 6.92 Å². The largest absolute Gasteiger partial charge is 0.481 e. The lowest BCUT2D eigenvalue weighted by molar-refractivity contribution is -0.154. The van der Waals surface area contributed by atoms with Gasteiger partial charge in [-0.25, -0.2) is 0 Å². The minimum absolute atomic E-state index is 0.169. The van der Waals surface area contributed by atoms with Crippen LogP contribution in [0.4, 0.5) is 0 Å². The van der Waals surface area contributed by atoms with Gasteiger partial charge in [-0.05, 0) is 19.8 Å². The van der Waals surface area contributed by atoms with Gasteiger partial charge in [-0.3, -0.25) is 9.59 Å². The summed E-state index contributed by atoms with van der Waals surface area (Å²) in [6.07, 6.45) is 2.48. The average Bonchev–Trinajstić information content (AvgIpc) is 1.99. The van der Waals surface area contributed by atoms with Crippen molar-refractivity contribution < 1.29 is 14.7 Å². The van der Waals surface area contributed by atoms with Crippen LogP contribution in [0.3, 0.4) is 0 Å². The van der Waals surface area contributed by atoms with Crippen LogP contribution in [0.5, 0.6) is 0 Å². The number of nitrogens with one attached hydrogen (secondary N) is 1. The number of rotatable bonds is 5. The standard InChI is InChI=1S/C10H18N2O3/c1-7(11)5-8(13)12-6-10(9(14)15)3-2-4-10/h7H,2-6,11H2,1H3,(H,12,13)(H,14,15). The lowest BCUT2D eigenvalue weighted by atomic mass is 9.69. The van der Waals surface area contributed by atoms with Crippen LogP contribution < -0.4 is 11.1 Å². The molecule has 4 N–H and O–H groups in total. The van der Waals surface area contributed by atoms with Crippen molar-refractivity contribution >= 4 is 11.9 Å². The molecule has 0 heterocycles. The minimum atomic E-state index is -0.810. The molecule has 0 spiro atoms. The Morgan fingerprint density at radius 1 is 1.53 bits per heavy atom. The molecule has 0 aromatic carbocycles. The van der Waals surface area contributed by atoms with Gasteiger partial charge < -0.3 is 16.2 Å². The SMILES string of the molecule is CC(N)CC(=O)NCC1(C(=O)O)CCC1. The molecule has 5 heteroatoms. The highest BCUT2D eigenvalue weighted by atomic mass is 16.4. The summed E-state index contributed by atoms with van der Waals surface area (Å²) in [5.41, 5.74) is 4.75. The van der Waals surface area contributed by atoms with Crippen molar-refractivity contribution in [3.05, 3.63) is 0 Å². The van der Waals surface area contributed by atoms with E-state index in [0.717, 1.165) is 6.42 Å². The van der Waals surface area contributed by atoms with Crippen LogP contribution in [0.15, 0.2) is 0 Å². The Kier molecular flexibility index (Phi) is 3.68. The molecule has 0 radical (unpaired) electrons. The van der Waals surface area contributed by atoms with Crippen LogP contribution in [0.25, 0.3) is 0 Å². The topological polar surface area (TPSA) is 92.4 Å². The number of carboxylic acids is 1. The van der Waals surface area contributed by atoms with Gasteiger partial charge >= 0.3 is 5.97 Å². The Labute approximate surface area is 89.0 Å². The predicted octanol–water partition coefficient (Wildman–Crippen LogP) is 0.0948. The lowest BCUT2D eigenvalue weighted by Crippen LogP contribution is -2.48. The van der Waals surface area contributed by atoms with Gasteiger partial charge in [0.25, 0.3) is 0 Å². The normalized spacial score (nSPS) is 20.1. The molecule has 1 saturated carbocycles. The summed E-state index contributed by atoms with van der Waals surface area (Å²) in [6.45, 7) is 1.98. The van der Waals surface area contributed by atoms with Crippen molar-refractivity contribution in [2.75, 3.05) is 6.54 Å². The Hall–Kier alpha value is -1.10. The summed E-state index contributed by atoms with van der Waals surface area (Å²) in [5, 5.41) is 11.6. The first-order chi connectivity index (χ1) is 6.96. The third-order valence-corrected chi connectivity index (χ3v) is 2.90. The van der Waals surface area contributed by atoms with Crippen molar-refractivity contribution in [3.63, 3.8) is 0 Å². The van der Waals surface area contributed by atoms with E-state index in [4.69, 9.17) is 10.8 Å². The molecule has 5 nitrogen and oxygen atoms in total. The molecular weight excluding hydrogens is 196 g/mol. The van der Waals surface area contributed by atoms with E-state index < -0.39 is 11.4 Å². The second-order valence-electron chi connectivity index (χ2n) is 4.40. The van der Waals surface area contributed by atoms with E-state index in [1.165, 1.54) is 0 Å². The highest BCUT2D eigenvalue weighted by Crippen LogP contribution is 2.40. The second-order valence-corrected chi connectivity index (χ2v) is 4.40. The molecule has 0 aliphatic heterocycles. The Morgan fingerprint density at radius 2 is 2.13 bits per heavy atom. The Morgan fingerprint density at radius 3 is 2.47 bits per heavy atom. The second kappa shape index (κ2) is 4.61. The molecule has 15 heavy (non-hydrogen) atoms. The van der Waals surface area contributed by atoms with Crippen molar-refractivity contribution in [1.29, 1.82) is 0 Å². The first-order valence-electron chi connectivity index (χ1n) is 5.22. The van der Waals surface area contributed by atoms with E-state index in [-0.39, 0.29) is 24.9 Å². The number of aliphatic carboxylic acids is 1. The lowest BCUT2D eigenvalue weighted by Gasteiger charge is -2.37. The van der Waals surface area contributed by atoms with E-state index >= 15 is 0 Å². The number of carbonyl (C=O) groups is 2. The van der Waals surface area contributed by atoms with Crippen molar-refractivity contribution in [3.8, 4) is 0 Å². The number of hydrogen-bond acceptors (Lipinski definition) is 3. The summed E-state index contributed by atoms with van der Waals surface area (Å²) in [4.78, 5) is 22.2. The van der Waals surface area contributed by atoms with Gasteiger partial charge in [-0.1, -0.05) is 6.42 Å². The molecule has 1 amide bonds. The Balaban J connectivity index is 2.35. The molecular formula is C10H18N2O3. The molecule has 1 fully saturated rings. The van der Waals surface area contributed by atoms with Gasteiger partial charge in [-0.2, -0.15) is 0 Å². The van der Waals surface area contributed by atoms with E-state index in [0.29, 0.717) is 12.8 Å². The van der Waals surface area contributed by atoms with Crippen molar-refractivity contribution in [2.24, 2.45) is 11.1 Å². The maximum Gasteiger partial charge on any atom is 0.311 e. The zero-order chi connectivity index (χ0) is 11.5. The number of nitrogens with two attached hydrogens (primary N) is 1. The van der Waals surface area contributed by atoms with Crippen molar-refractivity contribution in [1.82, 2.24) is 5.32 Å². The molecule has 1 aliphatic carbocycles. The van der Waals surface area contributed by atoms with Crippen LogP contribution in [0, 0.1) is 5.41 Å². The molecule has 0 saturated heterocycles. The van der Waals surface area contributed by atoms with Crippen LogP contribution >= 0.6 is 0 Å². The van der Waals surface area contributed by atoms with E-state index in [2.05, 4.69) is 5.32 Å². The smallest absolute Gasteiger partial charge is 0.311 e. The van der Waals surface area contributed by atoms with Crippen LogP contribution in [0.1, 0.15) is 32.6 Å². The number of amides is 1. The van der Waals surface area contributed by atoms with Gasteiger partial charge in [0.2, 0.25) is 5.91 Å². The van der Waals surface area contributed by atoms with Crippen LogP contribution in [0.2, 0.25) is 0 Å². The highest BCUT2D eigenvalue weighted by molar-refractivity contribution is 5.79. The van der Waals surface area contributed by atoms with E-state index in [9.17, 15) is 9.59 Å². The zero-order valence-corrected chi connectivity index (χ0v) is 8.95. The van der Waals surface area contributed by atoms with Gasteiger partial charge in [0, 0.05) is 19.0 Å². The molecule has 0 bridgehead atoms. The molecule has 1 atom stereocenters. The molecule has 0 aromatic heterocycles. The summed E-state index contributed by atoms with van der Waals surface area (Å²) in [5.74, 6) is -0.979. The fourth-order valence-electron chi connectivity index (χ4n) is 1.70. The highest BCUT2D eigenvalue weighted by Gasteiger charge is 2.44. The van der Waals surface area contributed by atoms with Crippen LogP contribution in [-0.2, 0) is 9.59 Å². The summed E-state index contributed by atoms with van der Waals surface area (Å²) >= 11 is 0. The van der Waals surface area contributed by atoms with Gasteiger partial charge in [0.05, 0.1) is 5.41 Å². The molecule has 86 valence electrons. The maximum atomic E-state index is 11.3. The third-order valence-electron chi connectivity index (χ3n) is 2.90. The molecule has 1 unspecified atom stereocenters. The summed E-state index contributed by atoms with van der Waals surface area (Å²) in [6, 6.07) is -0.188. The first kappa shape index (κ1) is 12.0. The monoisotopic (exact) mass is 214 g/mol. The van der Waals surface area contributed by atoms with Crippen molar-refractivity contribution in [2.45, 2.75) is 38.6 Å². The Bertz CT molecular complexity index is 259. The molecule has 1 rings (SSSR count). The summed E-state index contributed by atoms with van der Waals surface area (Å²) in [7, 11) is 0. The maximum absolute atomic E-state index is 11.3. The molecule has 0 aromatic rings. The fourth-order valence-corrected chi connectivity index (χ4v) is 1.70. The number of hydrogen-bond donors (Lipinski definition) is 3. The first-order valence-corrected chi connectivity index (χ1v) is 5.22. The zero-order valence-electron chi connectivity index (χ0n) is 8.95. The average molecular weight is 214 g/mol. The summed E-state index contributed by atoms with van der Waals surface area (Å²) < 4.78 is 0.